The van der Waals surface area contributed by atoms with Gasteiger partial charge in [-0.15, -0.1) is 0 Å². The fourth-order valence-electron chi connectivity index (χ4n) is 4.03. The molecule has 142 valence electrons. The topological polar surface area (TPSA) is 63.5 Å². The summed E-state index contributed by atoms with van der Waals surface area (Å²) in [4.78, 5) is 21.9. The molecular formula is C20H25N5O2. The van der Waals surface area contributed by atoms with Gasteiger partial charge in [-0.05, 0) is 25.8 Å². The number of amides is 1. The summed E-state index contributed by atoms with van der Waals surface area (Å²) in [5.74, 6) is 3.52. The summed E-state index contributed by atoms with van der Waals surface area (Å²) in [6.45, 7) is 6.01. The van der Waals surface area contributed by atoms with E-state index in [9.17, 15) is 4.79 Å². The lowest BCUT2D eigenvalue weighted by molar-refractivity contribution is -0.136. The second kappa shape index (κ2) is 6.64. The minimum atomic E-state index is -0.0261. The Bertz CT molecular complexity index is 860. The van der Waals surface area contributed by atoms with Crippen LogP contribution < -0.4 is 4.74 Å². The highest BCUT2D eigenvalue weighted by Crippen LogP contribution is 2.39. The molecule has 1 saturated carbocycles. The van der Waals surface area contributed by atoms with E-state index in [1.54, 1.807) is 0 Å². The van der Waals surface area contributed by atoms with Crippen LogP contribution in [0.5, 0.6) is 5.75 Å². The molecule has 0 spiro atoms. The maximum Gasteiger partial charge on any atom is 0.237 e. The Kier molecular flexibility index (Phi) is 4.11. The minimum absolute atomic E-state index is 0.0261. The van der Waals surface area contributed by atoms with Crippen molar-refractivity contribution >= 4 is 5.91 Å². The number of nitrogens with zero attached hydrogens (tertiary/aromatic N) is 5. The third-order valence-corrected chi connectivity index (χ3v) is 5.76. The number of hydrogen-bond acceptors (Lipinski definition) is 5. The zero-order valence-corrected chi connectivity index (χ0v) is 15.7. The van der Waals surface area contributed by atoms with Gasteiger partial charge in [0.25, 0.3) is 0 Å². The van der Waals surface area contributed by atoms with E-state index in [4.69, 9.17) is 9.72 Å². The average molecular weight is 367 g/mol. The summed E-state index contributed by atoms with van der Waals surface area (Å²) in [5, 5.41) is 4.65. The van der Waals surface area contributed by atoms with Crippen molar-refractivity contribution in [3.8, 4) is 5.75 Å². The lowest BCUT2D eigenvalue weighted by Crippen LogP contribution is -2.46. The third-order valence-electron chi connectivity index (χ3n) is 5.76. The lowest BCUT2D eigenvalue weighted by atomic mass is 10.2. The molecule has 0 bridgehead atoms. The van der Waals surface area contributed by atoms with Crippen molar-refractivity contribution in [3.05, 3.63) is 41.5 Å². The predicted molar refractivity (Wildman–Crippen MR) is 99.3 cm³/mol. The molecule has 2 aliphatic heterocycles. The lowest BCUT2D eigenvalue weighted by Gasteiger charge is -2.34. The molecular weight excluding hydrogens is 342 g/mol. The number of rotatable bonds is 3. The fraction of sp³-hybridized carbons (Fsp3) is 0.550. The quantitative estimate of drug-likeness (QED) is 0.830. The molecule has 3 heterocycles. The summed E-state index contributed by atoms with van der Waals surface area (Å²) in [7, 11) is 0. The highest BCUT2D eigenvalue weighted by Gasteiger charge is 2.35. The molecule has 0 radical (unpaired) electrons. The first kappa shape index (κ1) is 16.7. The van der Waals surface area contributed by atoms with Crippen LogP contribution in [0.25, 0.3) is 0 Å². The predicted octanol–water partition coefficient (Wildman–Crippen LogP) is 1.95. The Morgan fingerprint density at radius 3 is 2.93 bits per heavy atom. The van der Waals surface area contributed by atoms with Gasteiger partial charge in [0, 0.05) is 31.1 Å². The van der Waals surface area contributed by atoms with Crippen LogP contribution in [0.2, 0.25) is 0 Å². The van der Waals surface area contributed by atoms with Gasteiger partial charge in [0.15, 0.2) is 5.82 Å². The molecule has 1 aromatic carbocycles. The van der Waals surface area contributed by atoms with Crippen LogP contribution in [0.4, 0.5) is 0 Å². The van der Waals surface area contributed by atoms with E-state index in [-0.39, 0.29) is 11.9 Å². The monoisotopic (exact) mass is 367 g/mol. The van der Waals surface area contributed by atoms with Crippen molar-refractivity contribution in [2.24, 2.45) is 0 Å². The second-order valence-electron chi connectivity index (χ2n) is 7.76. The number of ether oxygens (including phenoxy) is 1. The van der Waals surface area contributed by atoms with Gasteiger partial charge in [-0.2, -0.15) is 5.10 Å². The Morgan fingerprint density at radius 1 is 1.22 bits per heavy atom. The SMILES string of the molecule is C[C@@H]1c2nc(C3CC3)nn2CCN1C(=O)CN1CCOc2ccccc2C1. The van der Waals surface area contributed by atoms with E-state index >= 15 is 0 Å². The van der Waals surface area contributed by atoms with Crippen LogP contribution in [0, 0.1) is 0 Å². The maximum atomic E-state index is 13.0. The molecule has 1 amide bonds. The van der Waals surface area contributed by atoms with Crippen LogP contribution in [-0.2, 0) is 17.9 Å². The van der Waals surface area contributed by atoms with Crippen LogP contribution >= 0.6 is 0 Å². The number of hydrogen-bond donors (Lipinski definition) is 0. The molecule has 0 unspecified atom stereocenters. The molecule has 1 atom stereocenters. The molecule has 5 rings (SSSR count). The van der Waals surface area contributed by atoms with Crippen LogP contribution in [-0.4, -0.2) is 56.7 Å². The van der Waals surface area contributed by atoms with Gasteiger partial charge in [0.05, 0.1) is 19.1 Å². The largest absolute Gasteiger partial charge is 0.492 e. The zero-order chi connectivity index (χ0) is 18.4. The molecule has 2 aromatic rings. The first-order chi connectivity index (χ1) is 13.2. The van der Waals surface area contributed by atoms with Crippen LogP contribution in [0.3, 0.4) is 0 Å². The van der Waals surface area contributed by atoms with Crippen molar-refractivity contribution in [2.45, 2.75) is 44.8 Å². The Balaban J connectivity index is 1.28. The van der Waals surface area contributed by atoms with Gasteiger partial charge in [0.2, 0.25) is 5.91 Å². The van der Waals surface area contributed by atoms with E-state index in [1.165, 1.54) is 12.8 Å². The van der Waals surface area contributed by atoms with Crippen molar-refractivity contribution in [1.82, 2.24) is 24.6 Å². The number of carbonyl (C=O) groups excluding carboxylic acids is 1. The summed E-state index contributed by atoms with van der Waals surface area (Å²) in [6, 6.07) is 8.05. The number of carbonyl (C=O) groups is 1. The van der Waals surface area contributed by atoms with Crippen molar-refractivity contribution < 1.29 is 9.53 Å². The first-order valence-electron chi connectivity index (χ1n) is 9.86. The smallest absolute Gasteiger partial charge is 0.237 e. The summed E-state index contributed by atoms with van der Waals surface area (Å²) < 4.78 is 7.81. The molecule has 1 aliphatic carbocycles. The molecule has 7 nitrogen and oxygen atoms in total. The Labute approximate surface area is 158 Å². The van der Waals surface area contributed by atoms with Crippen molar-refractivity contribution in [3.63, 3.8) is 0 Å². The standard InChI is InChI=1S/C20H25N5O2/c1-14-20-21-19(15-6-7-15)22-25(20)9-8-24(14)18(26)13-23-10-11-27-17-5-3-2-4-16(17)12-23/h2-5,14-15H,6-13H2,1H3/t14-/m1/s1. The van der Waals surface area contributed by atoms with Crippen molar-refractivity contribution in [1.29, 1.82) is 0 Å². The zero-order valence-electron chi connectivity index (χ0n) is 15.7. The Morgan fingerprint density at radius 2 is 2.07 bits per heavy atom. The van der Waals surface area contributed by atoms with E-state index in [2.05, 4.69) is 23.0 Å². The van der Waals surface area contributed by atoms with Gasteiger partial charge in [-0.3, -0.25) is 9.69 Å². The molecule has 3 aliphatic rings. The minimum Gasteiger partial charge on any atom is -0.492 e. The van der Waals surface area contributed by atoms with E-state index in [0.29, 0.717) is 25.6 Å². The fourth-order valence-corrected chi connectivity index (χ4v) is 4.03. The second-order valence-corrected chi connectivity index (χ2v) is 7.76. The molecule has 7 heteroatoms. The number of fused-ring (bicyclic) bond motifs is 2. The number of benzene rings is 1. The molecule has 0 N–H and O–H groups in total. The van der Waals surface area contributed by atoms with Gasteiger partial charge in [0.1, 0.15) is 18.2 Å². The van der Waals surface area contributed by atoms with E-state index in [0.717, 1.165) is 42.6 Å². The summed E-state index contributed by atoms with van der Waals surface area (Å²) >= 11 is 0. The summed E-state index contributed by atoms with van der Waals surface area (Å²) in [5.41, 5.74) is 1.14. The molecule has 1 fully saturated rings. The highest BCUT2D eigenvalue weighted by atomic mass is 16.5. The highest BCUT2D eigenvalue weighted by molar-refractivity contribution is 5.78. The maximum absolute atomic E-state index is 13.0. The van der Waals surface area contributed by atoms with Crippen molar-refractivity contribution in [2.75, 3.05) is 26.2 Å². The Hall–Kier alpha value is -2.41. The molecule has 0 saturated heterocycles. The van der Waals surface area contributed by atoms with Crippen LogP contribution in [0.1, 0.15) is 48.9 Å². The number of aromatic nitrogens is 3. The average Bonchev–Trinajstić information content (AvgIpc) is 3.45. The van der Waals surface area contributed by atoms with Gasteiger partial charge in [-0.25, -0.2) is 9.67 Å². The van der Waals surface area contributed by atoms with E-state index < -0.39 is 0 Å². The first-order valence-corrected chi connectivity index (χ1v) is 9.86. The third kappa shape index (κ3) is 3.20. The summed E-state index contributed by atoms with van der Waals surface area (Å²) in [6.07, 6.45) is 2.39. The van der Waals surface area contributed by atoms with Gasteiger partial charge >= 0.3 is 0 Å². The molecule has 1 aromatic heterocycles. The van der Waals surface area contributed by atoms with Gasteiger partial charge < -0.3 is 9.64 Å². The normalized spacial score (nSPS) is 22.6. The molecule has 27 heavy (non-hydrogen) atoms. The van der Waals surface area contributed by atoms with Crippen LogP contribution in [0.15, 0.2) is 24.3 Å². The van der Waals surface area contributed by atoms with Gasteiger partial charge in [-0.1, -0.05) is 18.2 Å². The number of para-hydroxylation sites is 1. The van der Waals surface area contributed by atoms with E-state index in [1.807, 2.05) is 27.8 Å².